The molecule has 230 valence electrons. The molecule has 2 aromatic heterocycles. The molecule has 1 aliphatic carbocycles. The average molecular weight is 627 g/mol. The fourth-order valence-corrected chi connectivity index (χ4v) is 8.73. The summed E-state index contributed by atoms with van der Waals surface area (Å²) >= 11 is 0. The zero-order valence-electron chi connectivity index (χ0n) is 27.2. The maximum atomic E-state index is 6.46. The summed E-state index contributed by atoms with van der Waals surface area (Å²) in [7, 11) is 0. The molecule has 1 aliphatic rings. The number of para-hydroxylation sites is 1. The van der Waals surface area contributed by atoms with E-state index in [1.165, 1.54) is 71.4 Å². The molecular formula is C47H30O2. The Morgan fingerprint density at radius 1 is 0.408 bits per heavy atom. The molecule has 0 N–H and O–H groups in total. The van der Waals surface area contributed by atoms with Crippen LogP contribution in [-0.4, -0.2) is 0 Å². The predicted octanol–water partition coefficient (Wildman–Crippen LogP) is 13.4. The first-order valence-electron chi connectivity index (χ1n) is 17.0. The summed E-state index contributed by atoms with van der Waals surface area (Å²) in [5.74, 6) is 0. The van der Waals surface area contributed by atoms with Crippen LogP contribution in [-0.2, 0) is 5.41 Å². The van der Waals surface area contributed by atoms with E-state index < -0.39 is 0 Å². The molecule has 2 nitrogen and oxygen atoms in total. The van der Waals surface area contributed by atoms with Gasteiger partial charge < -0.3 is 8.83 Å². The summed E-state index contributed by atoms with van der Waals surface area (Å²) in [6, 6.07) is 52.8. The van der Waals surface area contributed by atoms with Crippen molar-refractivity contribution in [1.29, 1.82) is 0 Å². The second-order valence-electron chi connectivity index (χ2n) is 14.1. The minimum Gasteiger partial charge on any atom is -0.456 e. The Bertz CT molecular complexity index is 3020. The molecule has 0 unspecified atom stereocenters. The Hall–Kier alpha value is -6.12. The van der Waals surface area contributed by atoms with Gasteiger partial charge in [-0.25, -0.2) is 0 Å². The maximum Gasteiger partial charge on any atom is 0.136 e. The van der Waals surface area contributed by atoms with Gasteiger partial charge >= 0.3 is 0 Å². The van der Waals surface area contributed by atoms with Crippen molar-refractivity contribution < 1.29 is 8.83 Å². The fraction of sp³-hybridized carbons (Fsp3) is 0.0638. The maximum absolute atomic E-state index is 6.46. The van der Waals surface area contributed by atoms with Gasteiger partial charge in [0.25, 0.3) is 0 Å². The van der Waals surface area contributed by atoms with Crippen LogP contribution < -0.4 is 0 Å². The fourth-order valence-electron chi connectivity index (χ4n) is 8.73. The van der Waals surface area contributed by atoms with Crippen LogP contribution in [0.2, 0.25) is 0 Å². The van der Waals surface area contributed by atoms with Gasteiger partial charge in [-0.2, -0.15) is 0 Å². The van der Waals surface area contributed by atoms with Gasteiger partial charge in [0, 0.05) is 27.0 Å². The first kappa shape index (κ1) is 26.9. The van der Waals surface area contributed by atoms with Crippen LogP contribution in [0, 0.1) is 0 Å². The summed E-state index contributed by atoms with van der Waals surface area (Å²) in [5, 5.41) is 9.59. The van der Waals surface area contributed by atoms with E-state index in [2.05, 4.69) is 153 Å². The largest absolute Gasteiger partial charge is 0.456 e. The van der Waals surface area contributed by atoms with Crippen molar-refractivity contribution in [3.63, 3.8) is 0 Å². The Labute approximate surface area is 282 Å². The third kappa shape index (κ3) is 3.66. The van der Waals surface area contributed by atoms with E-state index in [-0.39, 0.29) is 5.41 Å². The molecule has 2 heteroatoms. The molecule has 0 spiro atoms. The van der Waals surface area contributed by atoms with Gasteiger partial charge in [-0.1, -0.05) is 111 Å². The topological polar surface area (TPSA) is 26.3 Å². The quantitative estimate of drug-likeness (QED) is 0.191. The highest BCUT2D eigenvalue weighted by atomic mass is 16.3. The lowest BCUT2D eigenvalue weighted by Gasteiger charge is -2.25. The van der Waals surface area contributed by atoms with Crippen molar-refractivity contribution >= 4 is 65.4 Å². The number of rotatable bonds is 2. The molecule has 0 atom stereocenters. The molecule has 11 rings (SSSR count). The summed E-state index contributed by atoms with van der Waals surface area (Å²) < 4.78 is 12.7. The highest BCUT2D eigenvalue weighted by Crippen LogP contribution is 2.56. The molecule has 0 bridgehead atoms. The molecule has 0 fully saturated rings. The summed E-state index contributed by atoms with van der Waals surface area (Å²) in [5.41, 5.74) is 13.7. The molecule has 2 heterocycles. The lowest BCUT2D eigenvalue weighted by atomic mass is 9.77. The summed E-state index contributed by atoms with van der Waals surface area (Å²) in [6.07, 6.45) is 0. The zero-order chi connectivity index (χ0) is 32.4. The van der Waals surface area contributed by atoms with Crippen molar-refractivity contribution in [3.05, 3.63) is 157 Å². The highest BCUT2D eigenvalue weighted by molar-refractivity contribution is 6.16. The summed E-state index contributed by atoms with van der Waals surface area (Å²) in [4.78, 5) is 0. The zero-order valence-corrected chi connectivity index (χ0v) is 27.2. The molecule has 0 saturated heterocycles. The van der Waals surface area contributed by atoms with Gasteiger partial charge in [-0.15, -0.1) is 0 Å². The van der Waals surface area contributed by atoms with Crippen LogP contribution in [0.25, 0.3) is 98.8 Å². The highest BCUT2D eigenvalue weighted by Gasteiger charge is 2.39. The van der Waals surface area contributed by atoms with Crippen molar-refractivity contribution in [2.75, 3.05) is 0 Å². The van der Waals surface area contributed by atoms with Crippen molar-refractivity contribution in [1.82, 2.24) is 0 Å². The van der Waals surface area contributed by atoms with E-state index >= 15 is 0 Å². The average Bonchev–Trinajstić information content (AvgIpc) is 3.77. The van der Waals surface area contributed by atoms with E-state index in [1.807, 2.05) is 6.07 Å². The Kier molecular flexibility index (Phi) is 5.21. The van der Waals surface area contributed by atoms with Gasteiger partial charge in [-0.3, -0.25) is 0 Å². The molecule has 8 aromatic carbocycles. The minimum absolute atomic E-state index is 0.240. The summed E-state index contributed by atoms with van der Waals surface area (Å²) in [6.45, 7) is 4.79. The van der Waals surface area contributed by atoms with E-state index in [1.54, 1.807) is 0 Å². The Morgan fingerprint density at radius 2 is 1.08 bits per heavy atom. The van der Waals surface area contributed by atoms with Crippen molar-refractivity contribution in [2.24, 2.45) is 0 Å². The van der Waals surface area contributed by atoms with Crippen LogP contribution in [0.1, 0.15) is 25.0 Å². The molecule has 49 heavy (non-hydrogen) atoms. The van der Waals surface area contributed by atoms with E-state index in [9.17, 15) is 0 Å². The first-order valence-corrected chi connectivity index (χ1v) is 17.0. The number of fused-ring (bicyclic) bond motifs is 12. The van der Waals surface area contributed by atoms with Crippen molar-refractivity contribution in [3.8, 4) is 33.4 Å². The van der Waals surface area contributed by atoms with Gasteiger partial charge in [0.15, 0.2) is 0 Å². The number of benzene rings is 8. The van der Waals surface area contributed by atoms with Crippen LogP contribution in [0.15, 0.2) is 154 Å². The lowest BCUT2D eigenvalue weighted by Crippen LogP contribution is -2.16. The van der Waals surface area contributed by atoms with Gasteiger partial charge in [0.1, 0.15) is 22.3 Å². The number of hydrogen-bond donors (Lipinski definition) is 0. The molecule has 0 saturated carbocycles. The second-order valence-corrected chi connectivity index (χ2v) is 14.1. The third-order valence-corrected chi connectivity index (χ3v) is 11.0. The standard InChI is InChI=1S/C47H30O2/c1-47(2)39-25-31(32-15-9-17-42-44(32)38-22-27-10-3-4-11-28(27)26-43(38)49-42)18-20-35(39)45-33-13-6-5-12-29(33)23-36(46(45)47)30-19-21-41-37(24-30)34-14-7-8-16-40(34)48-41/h3-26H,1-2H3. The first-order chi connectivity index (χ1) is 24.0. The molecule has 0 amide bonds. The van der Waals surface area contributed by atoms with Gasteiger partial charge in [0.05, 0.1) is 0 Å². The second kappa shape index (κ2) is 9.49. The van der Waals surface area contributed by atoms with Crippen LogP contribution in [0.3, 0.4) is 0 Å². The monoisotopic (exact) mass is 626 g/mol. The molecule has 0 aliphatic heterocycles. The third-order valence-electron chi connectivity index (χ3n) is 11.0. The van der Waals surface area contributed by atoms with Gasteiger partial charge in [-0.05, 0) is 115 Å². The number of furan rings is 2. The normalized spacial score (nSPS) is 13.7. The lowest BCUT2D eigenvalue weighted by molar-refractivity contribution is 0.662. The van der Waals surface area contributed by atoms with Gasteiger partial charge in [0.2, 0.25) is 0 Å². The predicted molar refractivity (Wildman–Crippen MR) is 204 cm³/mol. The Morgan fingerprint density at radius 3 is 1.96 bits per heavy atom. The minimum atomic E-state index is -0.240. The van der Waals surface area contributed by atoms with Crippen molar-refractivity contribution in [2.45, 2.75) is 19.3 Å². The van der Waals surface area contributed by atoms with E-state index in [0.717, 1.165) is 38.5 Å². The molecular weight excluding hydrogens is 597 g/mol. The van der Waals surface area contributed by atoms with Crippen LogP contribution in [0.4, 0.5) is 0 Å². The smallest absolute Gasteiger partial charge is 0.136 e. The van der Waals surface area contributed by atoms with E-state index in [4.69, 9.17) is 8.83 Å². The number of hydrogen-bond acceptors (Lipinski definition) is 2. The SMILES string of the molecule is CC1(C)c2cc(-c3cccc4oc5cc6ccccc6cc5c34)ccc2-c2c1c(-c1ccc3oc4ccccc4c3c1)cc1ccccc21. The van der Waals surface area contributed by atoms with Crippen LogP contribution >= 0.6 is 0 Å². The van der Waals surface area contributed by atoms with E-state index in [0.29, 0.717) is 0 Å². The molecule has 0 radical (unpaired) electrons. The van der Waals surface area contributed by atoms with Crippen LogP contribution in [0.5, 0.6) is 0 Å². The molecule has 10 aromatic rings. The Balaban J connectivity index is 1.15.